The average molecular weight is 235 g/mol. The molecule has 0 saturated carbocycles. The minimum atomic E-state index is 0.379. The molecule has 0 bridgehead atoms. The Morgan fingerprint density at radius 2 is 2.08 bits per heavy atom. The predicted octanol–water partition coefficient (Wildman–Crippen LogP) is 2.28. The van der Waals surface area contributed by atoms with E-state index in [9.17, 15) is 0 Å². The van der Waals surface area contributed by atoms with Crippen LogP contribution in [-0.2, 0) is 0 Å². The van der Waals surface area contributed by atoms with Gasteiger partial charge in [-0.1, -0.05) is 29.8 Å². The Kier molecular flexibility index (Phi) is 6.67. The molecule has 0 radical (unpaired) electrons. The lowest BCUT2D eigenvalue weighted by Gasteiger charge is -2.23. The molecule has 0 spiro atoms. The zero-order valence-electron chi connectivity index (χ0n) is 8.10. The molecular weight excluding hydrogens is 216 g/mol. The van der Waals surface area contributed by atoms with Gasteiger partial charge in [-0.2, -0.15) is 0 Å². The largest absolute Gasteiger partial charge is 0.317 e. The van der Waals surface area contributed by atoms with E-state index in [2.05, 4.69) is 35.1 Å². The molecule has 3 heteroatoms. The van der Waals surface area contributed by atoms with Gasteiger partial charge in [0, 0.05) is 11.4 Å². The molecule has 3 unspecified atom stereocenters. The molecule has 2 nitrogen and oxygen atoms in total. The van der Waals surface area contributed by atoms with Gasteiger partial charge in [-0.05, 0) is 31.5 Å². The van der Waals surface area contributed by atoms with Gasteiger partial charge in [-0.3, -0.25) is 0 Å². The second-order valence-electron chi connectivity index (χ2n) is 3.41. The molecule has 0 heterocycles. The quantitative estimate of drug-likeness (QED) is 0.537. The van der Waals surface area contributed by atoms with Crippen molar-refractivity contribution in [2.24, 2.45) is 11.8 Å². The van der Waals surface area contributed by atoms with Gasteiger partial charge in [0.2, 0.25) is 0 Å². The number of alkyl halides is 1. The minimum absolute atomic E-state index is 0.379. The molecule has 0 aromatic heterocycles. The fraction of sp³-hybridized carbons (Fsp3) is 0.889. The Hall–Kier alpha value is 0.110. The fourth-order valence-electron chi connectivity index (χ4n) is 1.21. The summed E-state index contributed by atoms with van der Waals surface area (Å²) in [7, 11) is 1.99. The van der Waals surface area contributed by atoms with Crippen LogP contribution in [0.2, 0.25) is 0 Å². The van der Waals surface area contributed by atoms with Crippen molar-refractivity contribution in [3.63, 3.8) is 0 Å². The maximum atomic E-state index is 7.11. The number of hydrogen-bond acceptors (Lipinski definition) is 2. The normalized spacial score (nSPS) is 18.3. The summed E-state index contributed by atoms with van der Waals surface area (Å²) in [6.45, 7) is 4.30. The van der Waals surface area contributed by atoms with Gasteiger partial charge in [0.1, 0.15) is 0 Å². The maximum Gasteiger partial charge on any atom is 0.0104 e. The fourth-order valence-corrected chi connectivity index (χ4v) is 1.66. The molecule has 3 atom stereocenters. The molecule has 12 heavy (non-hydrogen) atoms. The molecule has 2 N–H and O–H groups in total. The first kappa shape index (κ1) is 12.1. The van der Waals surface area contributed by atoms with Gasteiger partial charge in [-0.25, -0.2) is 0 Å². The van der Waals surface area contributed by atoms with Crippen LogP contribution in [0.25, 0.3) is 0 Å². The van der Waals surface area contributed by atoms with Crippen molar-refractivity contribution < 1.29 is 0 Å². The van der Waals surface area contributed by atoms with Crippen molar-refractivity contribution in [3.8, 4) is 0 Å². The van der Waals surface area contributed by atoms with Crippen molar-refractivity contribution >= 4 is 22.1 Å². The Bertz CT molecular complexity index is 128. The van der Waals surface area contributed by atoms with Gasteiger partial charge in [0.15, 0.2) is 0 Å². The molecule has 0 aliphatic heterocycles. The van der Waals surface area contributed by atoms with Crippen LogP contribution in [0.1, 0.15) is 20.3 Å². The third-order valence-corrected chi connectivity index (χ3v) is 3.23. The van der Waals surface area contributed by atoms with E-state index in [1.807, 2.05) is 7.05 Å². The number of halogens is 1. The summed E-state index contributed by atoms with van der Waals surface area (Å²) in [6, 6.07) is 0.515. The SMILES string of the molecule is CNC(CC(C)C=N)C(C)CBr. The minimum Gasteiger partial charge on any atom is -0.317 e. The van der Waals surface area contributed by atoms with Crippen molar-refractivity contribution in [1.29, 1.82) is 5.41 Å². The van der Waals surface area contributed by atoms with Crippen molar-refractivity contribution in [1.82, 2.24) is 5.32 Å². The third kappa shape index (κ3) is 4.21. The van der Waals surface area contributed by atoms with E-state index >= 15 is 0 Å². The first-order chi connectivity index (χ1) is 5.65. The second kappa shape index (κ2) is 6.61. The van der Waals surface area contributed by atoms with E-state index in [0.29, 0.717) is 17.9 Å². The highest BCUT2D eigenvalue weighted by Crippen LogP contribution is 2.13. The Morgan fingerprint density at radius 1 is 1.50 bits per heavy atom. The summed E-state index contributed by atoms with van der Waals surface area (Å²) >= 11 is 3.47. The average Bonchev–Trinajstić information content (AvgIpc) is 2.12. The summed E-state index contributed by atoms with van der Waals surface area (Å²) < 4.78 is 0. The van der Waals surface area contributed by atoms with Gasteiger partial charge >= 0.3 is 0 Å². The zero-order chi connectivity index (χ0) is 9.56. The molecule has 0 aliphatic rings. The molecule has 0 aromatic carbocycles. The van der Waals surface area contributed by atoms with Crippen LogP contribution in [-0.4, -0.2) is 24.6 Å². The third-order valence-electron chi connectivity index (χ3n) is 2.21. The monoisotopic (exact) mass is 234 g/mol. The van der Waals surface area contributed by atoms with E-state index in [1.54, 1.807) is 0 Å². The highest BCUT2D eigenvalue weighted by molar-refractivity contribution is 9.09. The van der Waals surface area contributed by atoms with Gasteiger partial charge in [-0.15, -0.1) is 0 Å². The predicted molar refractivity (Wildman–Crippen MR) is 58.4 cm³/mol. The van der Waals surface area contributed by atoms with Crippen LogP contribution in [0.3, 0.4) is 0 Å². The topological polar surface area (TPSA) is 35.9 Å². The van der Waals surface area contributed by atoms with E-state index in [0.717, 1.165) is 11.8 Å². The molecular formula is C9H19BrN2. The lowest BCUT2D eigenvalue weighted by atomic mass is 9.94. The molecule has 0 rings (SSSR count). The number of rotatable bonds is 6. The molecule has 0 amide bonds. The molecule has 0 saturated heterocycles. The highest BCUT2D eigenvalue weighted by Gasteiger charge is 2.15. The van der Waals surface area contributed by atoms with Crippen LogP contribution in [0, 0.1) is 17.2 Å². The zero-order valence-corrected chi connectivity index (χ0v) is 9.69. The van der Waals surface area contributed by atoms with Crippen molar-refractivity contribution in [2.45, 2.75) is 26.3 Å². The van der Waals surface area contributed by atoms with Crippen LogP contribution < -0.4 is 5.32 Å². The van der Waals surface area contributed by atoms with E-state index in [1.165, 1.54) is 6.21 Å². The Balaban J connectivity index is 3.89. The molecule has 72 valence electrons. The molecule has 0 aromatic rings. The van der Waals surface area contributed by atoms with Crippen LogP contribution in [0.15, 0.2) is 0 Å². The van der Waals surface area contributed by atoms with Crippen molar-refractivity contribution in [3.05, 3.63) is 0 Å². The smallest absolute Gasteiger partial charge is 0.0104 e. The first-order valence-corrected chi connectivity index (χ1v) is 5.51. The molecule has 0 aliphatic carbocycles. The first-order valence-electron chi connectivity index (χ1n) is 4.39. The standard InChI is InChI=1S/C9H19BrN2/c1-7(6-11)4-9(12-3)8(2)5-10/h6-9,11-12H,4-5H2,1-3H3. The van der Waals surface area contributed by atoms with E-state index < -0.39 is 0 Å². The van der Waals surface area contributed by atoms with Crippen LogP contribution in [0.4, 0.5) is 0 Å². The summed E-state index contributed by atoms with van der Waals surface area (Å²) in [5.41, 5.74) is 0. The summed E-state index contributed by atoms with van der Waals surface area (Å²) in [6.07, 6.45) is 2.57. The number of hydrogen-bond donors (Lipinski definition) is 2. The summed E-state index contributed by atoms with van der Waals surface area (Å²) in [5.74, 6) is 1.00. The lowest BCUT2D eigenvalue weighted by molar-refractivity contribution is 0.387. The maximum absolute atomic E-state index is 7.11. The second-order valence-corrected chi connectivity index (χ2v) is 4.05. The van der Waals surface area contributed by atoms with Crippen molar-refractivity contribution in [2.75, 3.05) is 12.4 Å². The van der Waals surface area contributed by atoms with Gasteiger partial charge in [0.05, 0.1) is 0 Å². The van der Waals surface area contributed by atoms with Crippen LogP contribution >= 0.6 is 15.9 Å². The Labute approximate surface area is 83.8 Å². The summed E-state index contributed by atoms with van der Waals surface area (Å²) in [5, 5.41) is 11.4. The van der Waals surface area contributed by atoms with Gasteiger partial charge in [0.25, 0.3) is 0 Å². The molecule has 0 fully saturated rings. The highest BCUT2D eigenvalue weighted by atomic mass is 79.9. The van der Waals surface area contributed by atoms with E-state index in [4.69, 9.17) is 5.41 Å². The Morgan fingerprint density at radius 3 is 2.42 bits per heavy atom. The lowest BCUT2D eigenvalue weighted by Crippen LogP contribution is -2.34. The number of nitrogens with one attached hydrogen (secondary N) is 2. The van der Waals surface area contributed by atoms with E-state index in [-0.39, 0.29) is 0 Å². The summed E-state index contributed by atoms with van der Waals surface area (Å²) in [4.78, 5) is 0. The van der Waals surface area contributed by atoms with Gasteiger partial charge < -0.3 is 10.7 Å². The van der Waals surface area contributed by atoms with Crippen LogP contribution in [0.5, 0.6) is 0 Å².